The lowest BCUT2D eigenvalue weighted by Gasteiger charge is -2.17. The van der Waals surface area contributed by atoms with Crippen LogP contribution in [0, 0.1) is 27.7 Å². The average molecular weight is 272 g/mol. The first-order chi connectivity index (χ1) is 9.42. The zero-order valence-corrected chi connectivity index (χ0v) is 13.0. The predicted molar refractivity (Wildman–Crippen MR) is 82.4 cm³/mol. The van der Waals surface area contributed by atoms with E-state index in [0.717, 1.165) is 17.8 Å². The Kier molecular flexibility index (Phi) is 4.26. The fourth-order valence-electron chi connectivity index (χ4n) is 2.96. The van der Waals surface area contributed by atoms with E-state index >= 15 is 0 Å². The standard InChI is InChI=1S/C16H24N4/c1-10-6-11(2)8-14(7-10)9-15(18-17)16-12(3)19-20(5)13(16)4/h6-8,15,18H,9,17H2,1-5H3. The van der Waals surface area contributed by atoms with E-state index in [2.05, 4.69) is 49.5 Å². The second-order valence-corrected chi connectivity index (χ2v) is 5.63. The Morgan fingerprint density at radius 2 is 1.75 bits per heavy atom. The molecule has 0 spiro atoms. The third kappa shape index (κ3) is 2.92. The lowest BCUT2D eigenvalue weighted by atomic mass is 9.96. The van der Waals surface area contributed by atoms with Crippen LogP contribution in [0.25, 0.3) is 0 Å². The highest BCUT2D eigenvalue weighted by molar-refractivity contribution is 5.33. The molecule has 1 aromatic carbocycles. The summed E-state index contributed by atoms with van der Waals surface area (Å²) in [5.41, 5.74) is 10.2. The van der Waals surface area contributed by atoms with Crippen LogP contribution in [0.3, 0.4) is 0 Å². The van der Waals surface area contributed by atoms with Crippen LogP contribution in [0.4, 0.5) is 0 Å². The van der Waals surface area contributed by atoms with Gasteiger partial charge in [-0.05, 0) is 39.7 Å². The van der Waals surface area contributed by atoms with Crippen LogP contribution in [0.1, 0.15) is 39.7 Å². The number of hydrazine groups is 1. The topological polar surface area (TPSA) is 55.9 Å². The van der Waals surface area contributed by atoms with Crippen molar-refractivity contribution in [3.63, 3.8) is 0 Å². The van der Waals surface area contributed by atoms with Crippen molar-refractivity contribution in [2.75, 3.05) is 0 Å². The number of nitrogens with one attached hydrogen (secondary N) is 1. The Hall–Kier alpha value is -1.65. The third-order valence-electron chi connectivity index (χ3n) is 3.84. The largest absolute Gasteiger partial charge is 0.272 e. The maximum absolute atomic E-state index is 5.79. The molecule has 1 atom stereocenters. The minimum absolute atomic E-state index is 0.0879. The summed E-state index contributed by atoms with van der Waals surface area (Å²) >= 11 is 0. The molecular formula is C16H24N4. The second-order valence-electron chi connectivity index (χ2n) is 5.63. The van der Waals surface area contributed by atoms with E-state index in [0.29, 0.717) is 0 Å². The maximum atomic E-state index is 5.79. The number of benzene rings is 1. The molecule has 1 heterocycles. The van der Waals surface area contributed by atoms with Crippen molar-refractivity contribution in [2.45, 2.75) is 40.2 Å². The summed E-state index contributed by atoms with van der Waals surface area (Å²) in [5.74, 6) is 5.79. The van der Waals surface area contributed by atoms with Crippen LogP contribution >= 0.6 is 0 Å². The van der Waals surface area contributed by atoms with E-state index in [1.807, 2.05) is 18.7 Å². The van der Waals surface area contributed by atoms with Crippen LogP contribution in [0.2, 0.25) is 0 Å². The van der Waals surface area contributed by atoms with Gasteiger partial charge < -0.3 is 0 Å². The first-order valence-electron chi connectivity index (χ1n) is 6.95. The van der Waals surface area contributed by atoms with Gasteiger partial charge >= 0.3 is 0 Å². The van der Waals surface area contributed by atoms with Gasteiger partial charge in [-0.2, -0.15) is 5.10 Å². The van der Waals surface area contributed by atoms with Gasteiger partial charge in [0.1, 0.15) is 0 Å². The molecule has 4 heteroatoms. The summed E-state index contributed by atoms with van der Waals surface area (Å²) in [7, 11) is 1.97. The normalized spacial score (nSPS) is 12.7. The fraction of sp³-hybridized carbons (Fsp3) is 0.438. The van der Waals surface area contributed by atoms with Gasteiger partial charge in [-0.1, -0.05) is 29.3 Å². The average Bonchev–Trinajstić information content (AvgIpc) is 2.60. The SMILES string of the molecule is Cc1cc(C)cc(CC(NN)c2c(C)nn(C)c2C)c1. The summed E-state index contributed by atoms with van der Waals surface area (Å²) in [6.45, 7) is 8.37. The van der Waals surface area contributed by atoms with E-state index in [9.17, 15) is 0 Å². The summed E-state index contributed by atoms with van der Waals surface area (Å²) in [4.78, 5) is 0. The Labute approximate surface area is 121 Å². The van der Waals surface area contributed by atoms with E-state index in [1.165, 1.54) is 22.3 Å². The predicted octanol–water partition coefficient (Wildman–Crippen LogP) is 2.40. The van der Waals surface area contributed by atoms with Crippen LogP contribution in [-0.2, 0) is 13.5 Å². The molecule has 2 aromatic rings. The highest BCUT2D eigenvalue weighted by atomic mass is 15.3. The number of hydrogen-bond donors (Lipinski definition) is 2. The summed E-state index contributed by atoms with van der Waals surface area (Å²) in [6.07, 6.45) is 0.867. The Morgan fingerprint density at radius 1 is 1.15 bits per heavy atom. The lowest BCUT2D eigenvalue weighted by Crippen LogP contribution is -2.30. The number of rotatable bonds is 4. The molecule has 0 amide bonds. The molecule has 0 radical (unpaired) electrons. The van der Waals surface area contributed by atoms with Gasteiger partial charge in [-0.3, -0.25) is 16.0 Å². The molecule has 0 aliphatic heterocycles. The lowest BCUT2D eigenvalue weighted by molar-refractivity contribution is 0.545. The van der Waals surface area contributed by atoms with Crippen molar-refractivity contribution in [2.24, 2.45) is 12.9 Å². The highest BCUT2D eigenvalue weighted by Crippen LogP contribution is 2.24. The summed E-state index contributed by atoms with van der Waals surface area (Å²) < 4.78 is 1.91. The van der Waals surface area contributed by atoms with Gasteiger partial charge in [-0.15, -0.1) is 0 Å². The van der Waals surface area contributed by atoms with Crippen molar-refractivity contribution < 1.29 is 0 Å². The molecule has 0 saturated heterocycles. The Bertz CT molecular complexity index is 593. The second kappa shape index (κ2) is 5.77. The molecule has 2 rings (SSSR count). The molecule has 1 unspecified atom stereocenters. The van der Waals surface area contributed by atoms with E-state index in [1.54, 1.807) is 0 Å². The molecular weight excluding hydrogens is 248 g/mol. The molecule has 4 nitrogen and oxygen atoms in total. The maximum Gasteiger partial charge on any atom is 0.0644 e. The zero-order valence-electron chi connectivity index (χ0n) is 13.0. The monoisotopic (exact) mass is 272 g/mol. The van der Waals surface area contributed by atoms with Crippen LogP contribution in [-0.4, -0.2) is 9.78 Å². The molecule has 20 heavy (non-hydrogen) atoms. The van der Waals surface area contributed by atoms with Gasteiger partial charge in [0.25, 0.3) is 0 Å². The minimum atomic E-state index is 0.0879. The first-order valence-corrected chi connectivity index (χ1v) is 6.95. The van der Waals surface area contributed by atoms with Gasteiger partial charge in [0.2, 0.25) is 0 Å². The molecule has 0 saturated carbocycles. The number of aryl methyl sites for hydroxylation is 4. The Balaban J connectivity index is 2.33. The summed E-state index contributed by atoms with van der Waals surface area (Å²) in [6, 6.07) is 6.72. The van der Waals surface area contributed by atoms with Gasteiger partial charge in [0.05, 0.1) is 11.7 Å². The van der Waals surface area contributed by atoms with Crippen molar-refractivity contribution >= 4 is 0 Å². The zero-order chi connectivity index (χ0) is 14.9. The fourth-order valence-corrected chi connectivity index (χ4v) is 2.96. The molecule has 3 N–H and O–H groups in total. The molecule has 0 aliphatic carbocycles. The van der Waals surface area contributed by atoms with Crippen molar-refractivity contribution in [1.29, 1.82) is 0 Å². The molecule has 0 aliphatic rings. The Morgan fingerprint density at radius 3 is 2.20 bits per heavy atom. The number of nitrogens with two attached hydrogens (primary N) is 1. The number of hydrogen-bond acceptors (Lipinski definition) is 3. The number of aromatic nitrogens is 2. The number of nitrogens with zero attached hydrogens (tertiary/aromatic N) is 2. The molecule has 1 aromatic heterocycles. The molecule has 0 fully saturated rings. The van der Waals surface area contributed by atoms with Gasteiger partial charge in [0, 0.05) is 18.3 Å². The van der Waals surface area contributed by atoms with Crippen LogP contribution in [0.5, 0.6) is 0 Å². The minimum Gasteiger partial charge on any atom is -0.272 e. The molecule has 0 bridgehead atoms. The highest BCUT2D eigenvalue weighted by Gasteiger charge is 2.19. The van der Waals surface area contributed by atoms with E-state index in [4.69, 9.17) is 5.84 Å². The first kappa shape index (κ1) is 14.8. The van der Waals surface area contributed by atoms with Crippen molar-refractivity contribution in [3.8, 4) is 0 Å². The van der Waals surface area contributed by atoms with E-state index in [-0.39, 0.29) is 6.04 Å². The quantitative estimate of drug-likeness (QED) is 0.664. The van der Waals surface area contributed by atoms with Gasteiger partial charge in [-0.25, -0.2) is 0 Å². The van der Waals surface area contributed by atoms with Gasteiger partial charge in [0.15, 0.2) is 0 Å². The van der Waals surface area contributed by atoms with Crippen molar-refractivity contribution in [3.05, 3.63) is 51.8 Å². The van der Waals surface area contributed by atoms with Crippen LogP contribution in [0.15, 0.2) is 18.2 Å². The summed E-state index contributed by atoms with van der Waals surface area (Å²) in [5, 5.41) is 4.48. The molecule has 108 valence electrons. The van der Waals surface area contributed by atoms with E-state index < -0.39 is 0 Å². The smallest absolute Gasteiger partial charge is 0.0644 e. The van der Waals surface area contributed by atoms with Crippen LogP contribution < -0.4 is 11.3 Å². The van der Waals surface area contributed by atoms with Crippen molar-refractivity contribution in [1.82, 2.24) is 15.2 Å². The third-order valence-corrected chi connectivity index (χ3v) is 3.84.